The standard InChI is InChI=1S/C28H32BrN3O5S/c1-4-26(28(34)30-5-2)31(19-21-10-9-11-24(18-21)37-3)27(33)20-32(23-16-14-22(29)15-17-23)38(35,36)25-12-7-6-8-13-25/h6-18,26H,4-5,19-20H2,1-3H3,(H,30,34). The molecule has 0 radical (unpaired) electrons. The van der Waals surface area contributed by atoms with Crippen molar-refractivity contribution in [1.82, 2.24) is 10.2 Å². The molecule has 2 amide bonds. The summed E-state index contributed by atoms with van der Waals surface area (Å²) in [5.41, 5.74) is 1.08. The van der Waals surface area contributed by atoms with Crippen molar-refractivity contribution in [3.8, 4) is 5.75 Å². The van der Waals surface area contributed by atoms with Gasteiger partial charge in [0, 0.05) is 17.6 Å². The van der Waals surface area contributed by atoms with E-state index in [9.17, 15) is 18.0 Å². The van der Waals surface area contributed by atoms with Crippen molar-refractivity contribution in [2.75, 3.05) is 24.5 Å². The molecule has 0 saturated carbocycles. The van der Waals surface area contributed by atoms with Crippen molar-refractivity contribution < 1.29 is 22.7 Å². The van der Waals surface area contributed by atoms with Gasteiger partial charge in [0.25, 0.3) is 10.0 Å². The van der Waals surface area contributed by atoms with Crippen molar-refractivity contribution in [2.24, 2.45) is 0 Å². The summed E-state index contributed by atoms with van der Waals surface area (Å²) in [6.45, 7) is 3.65. The first-order valence-electron chi connectivity index (χ1n) is 12.2. The summed E-state index contributed by atoms with van der Waals surface area (Å²) in [5, 5.41) is 2.79. The van der Waals surface area contributed by atoms with Crippen LogP contribution in [0.25, 0.3) is 0 Å². The molecule has 0 fully saturated rings. The fraction of sp³-hybridized carbons (Fsp3) is 0.286. The highest BCUT2D eigenvalue weighted by Crippen LogP contribution is 2.26. The summed E-state index contributed by atoms with van der Waals surface area (Å²) < 4.78 is 34.7. The molecule has 38 heavy (non-hydrogen) atoms. The van der Waals surface area contributed by atoms with Crippen LogP contribution in [0.5, 0.6) is 5.75 Å². The quantitative estimate of drug-likeness (QED) is 0.327. The average molecular weight is 603 g/mol. The second-order valence-corrected chi connectivity index (χ2v) is 11.3. The third kappa shape index (κ3) is 7.14. The predicted molar refractivity (Wildman–Crippen MR) is 151 cm³/mol. The minimum atomic E-state index is -4.09. The van der Waals surface area contributed by atoms with Crippen LogP contribution in [0.3, 0.4) is 0 Å². The van der Waals surface area contributed by atoms with Crippen LogP contribution in [0.1, 0.15) is 25.8 Å². The van der Waals surface area contributed by atoms with E-state index in [4.69, 9.17) is 4.74 Å². The van der Waals surface area contributed by atoms with Crippen LogP contribution in [-0.2, 0) is 26.2 Å². The highest BCUT2D eigenvalue weighted by atomic mass is 79.9. The number of nitrogens with zero attached hydrogens (tertiary/aromatic N) is 2. The number of methoxy groups -OCH3 is 1. The third-order valence-electron chi connectivity index (χ3n) is 5.95. The first kappa shape index (κ1) is 29.2. The van der Waals surface area contributed by atoms with Crippen LogP contribution in [0.4, 0.5) is 5.69 Å². The Bertz CT molecular complexity index is 1330. The fourth-order valence-electron chi connectivity index (χ4n) is 4.03. The molecule has 0 spiro atoms. The molecule has 0 aromatic heterocycles. The maximum absolute atomic E-state index is 13.9. The number of ether oxygens (including phenoxy) is 1. The smallest absolute Gasteiger partial charge is 0.264 e. The van der Waals surface area contributed by atoms with E-state index in [2.05, 4.69) is 21.2 Å². The van der Waals surface area contributed by atoms with Gasteiger partial charge in [-0.05, 0) is 67.4 Å². The monoisotopic (exact) mass is 601 g/mol. The van der Waals surface area contributed by atoms with Gasteiger partial charge in [0.1, 0.15) is 18.3 Å². The van der Waals surface area contributed by atoms with Gasteiger partial charge < -0.3 is 15.0 Å². The lowest BCUT2D eigenvalue weighted by Crippen LogP contribution is -2.52. The molecule has 3 aromatic rings. The molecule has 1 unspecified atom stereocenters. The van der Waals surface area contributed by atoms with Crippen molar-refractivity contribution in [3.05, 3.63) is 88.9 Å². The average Bonchev–Trinajstić information content (AvgIpc) is 2.92. The molecule has 3 rings (SSSR count). The Morgan fingerprint density at radius 2 is 1.66 bits per heavy atom. The number of sulfonamides is 1. The van der Waals surface area contributed by atoms with Crippen LogP contribution in [0.15, 0.2) is 88.2 Å². The minimum Gasteiger partial charge on any atom is -0.497 e. The summed E-state index contributed by atoms with van der Waals surface area (Å²) in [7, 11) is -2.54. The Balaban J connectivity index is 2.05. The second-order valence-electron chi connectivity index (χ2n) is 8.49. The molecule has 3 aromatic carbocycles. The largest absolute Gasteiger partial charge is 0.497 e. The Morgan fingerprint density at radius 3 is 2.26 bits per heavy atom. The van der Waals surface area contributed by atoms with E-state index < -0.39 is 28.5 Å². The molecule has 202 valence electrons. The number of anilines is 1. The molecule has 0 aliphatic heterocycles. The first-order valence-corrected chi connectivity index (χ1v) is 14.5. The molecule has 0 aliphatic carbocycles. The van der Waals surface area contributed by atoms with E-state index in [1.54, 1.807) is 74.7 Å². The van der Waals surface area contributed by atoms with Crippen LogP contribution in [0, 0.1) is 0 Å². The zero-order chi connectivity index (χ0) is 27.7. The number of likely N-dealkylation sites (N-methyl/N-ethyl adjacent to an activating group) is 1. The number of halogens is 1. The lowest BCUT2D eigenvalue weighted by atomic mass is 10.1. The molecule has 8 nitrogen and oxygen atoms in total. The zero-order valence-electron chi connectivity index (χ0n) is 21.6. The van der Waals surface area contributed by atoms with Gasteiger partial charge in [0.05, 0.1) is 17.7 Å². The molecule has 0 saturated heterocycles. The van der Waals surface area contributed by atoms with E-state index in [0.29, 0.717) is 24.4 Å². The molecular formula is C28H32BrN3O5S. The van der Waals surface area contributed by atoms with Crippen LogP contribution in [0.2, 0.25) is 0 Å². The van der Waals surface area contributed by atoms with E-state index in [-0.39, 0.29) is 17.3 Å². The van der Waals surface area contributed by atoms with E-state index in [1.807, 2.05) is 13.0 Å². The van der Waals surface area contributed by atoms with Crippen LogP contribution < -0.4 is 14.4 Å². The maximum atomic E-state index is 13.9. The normalized spacial score (nSPS) is 11.9. The van der Waals surface area contributed by atoms with Crippen molar-refractivity contribution in [2.45, 2.75) is 37.8 Å². The fourth-order valence-corrected chi connectivity index (χ4v) is 5.73. The number of rotatable bonds is 12. The Labute approximate surface area is 232 Å². The van der Waals surface area contributed by atoms with Gasteiger partial charge in [-0.2, -0.15) is 0 Å². The molecule has 0 heterocycles. The van der Waals surface area contributed by atoms with Gasteiger partial charge in [-0.25, -0.2) is 8.42 Å². The zero-order valence-corrected chi connectivity index (χ0v) is 24.0. The molecule has 0 bridgehead atoms. The number of benzene rings is 3. The summed E-state index contributed by atoms with van der Waals surface area (Å²) in [5.74, 6) is -0.190. The summed E-state index contributed by atoms with van der Waals surface area (Å²) in [4.78, 5) is 28.4. The lowest BCUT2D eigenvalue weighted by molar-refractivity contribution is -0.140. The van der Waals surface area contributed by atoms with Gasteiger partial charge in [-0.1, -0.05) is 53.2 Å². The SMILES string of the molecule is CCNC(=O)C(CC)N(Cc1cccc(OC)c1)C(=O)CN(c1ccc(Br)cc1)S(=O)(=O)c1ccccc1. The van der Waals surface area contributed by atoms with Gasteiger partial charge in [0.2, 0.25) is 11.8 Å². The van der Waals surface area contributed by atoms with Gasteiger partial charge >= 0.3 is 0 Å². The van der Waals surface area contributed by atoms with E-state index in [0.717, 1.165) is 14.3 Å². The Morgan fingerprint density at radius 1 is 0.974 bits per heavy atom. The van der Waals surface area contributed by atoms with Crippen LogP contribution >= 0.6 is 15.9 Å². The van der Waals surface area contributed by atoms with Crippen LogP contribution in [-0.4, -0.2) is 51.4 Å². The molecule has 1 N–H and O–H groups in total. The van der Waals surface area contributed by atoms with E-state index >= 15 is 0 Å². The number of hydrogen-bond acceptors (Lipinski definition) is 5. The van der Waals surface area contributed by atoms with Gasteiger partial charge in [-0.3, -0.25) is 13.9 Å². The Hall–Kier alpha value is -3.37. The second kappa shape index (κ2) is 13.4. The van der Waals surface area contributed by atoms with E-state index in [1.165, 1.54) is 17.0 Å². The topological polar surface area (TPSA) is 96.0 Å². The third-order valence-corrected chi connectivity index (χ3v) is 8.27. The first-order chi connectivity index (χ1) is 18.2. The molecule has 10 heteroatoms. The lowest BCUT2D eigenvalue weighted by Gasteiger charge is -2.33. The molecular weight excluding hydrogens is 570 g/mol. The number of carbonyl (C=O) groups is 2. The number of amides is 2. The highest BCUT2D eigenvalue weighted by molar-refractivity contribution is 9.10. The van der Waals surface area contributed by atoms with Gasteiger partial charge in [0.15, 0.2) is 0 Å². The summed E-state index contributed by atoms with van der Waals surface area (Å²) in [6.07, 6.45) is 0.352. The minimum absolute atomic E-state index is 0.0610. The van der Waals surface area contributed by atoms with Gasteiger partial charge in [-0.15, -0.1) is 0 Å². The Kier molecular flexibility index (Phi) is 10.3. The maximum Gasteiger partial charge on any atom is 0.264 e. The number of carbonyl (C=O) groups excluding carboxylic acids is 2. The molecule has 1 atom stereocenters. The highest BCUT2D eigenvalue weighted by Gasteiger charge is 2.33. The predicted octanol–water partition coefficient (Wildman–Crippen LogP) is 4.60. The summed E-state index contributed by atoms with van der Waals surface area (Å²) >= 11 is 3.37. The molecule has 0 aliphatic rings. The van der Waals surface area contributed by atoms with Crippen molar-refractivity contribution in [1.29, 1.82) is 0 Å². The van der Waals surface area contributed by atoms with Crippen molar-refractivity contribution in [3.63, 3.8) is 0 Å². The number of hydrogen-bond donors (Lipinski definition) is 1. The summed E-state index contributed by atoms with van der Waals surface area (Å²) in [6, 6.07) is 21.1. The number of nitrogens with one attached hydrogen (secondary N) is 1. The van der Waals surface area contributed by atoms with Crippen molar-refractivity contribution >= 4 is 43.5 Å².